The molecule has 0 radical (unpaired) electrons. The number of aryl methyl sites for hydroxylation is 1. The molecule has 0 spiro atoms. The first-order chi connectivity index (χ1) is 9.76. The number of hydrogen-bond acceptors (Lipinski definition) is 4. The Labute approximate surface area is 117 Å². The maximum Gasteiger partial charge on any atom is 0.153 e. The summed E-state index contributed by atoms with van der Waals surface area (Å²) in [6, 6.07) is 11.9. The highest BCUT2D eigenvalue weighted by molar-refractivity contribution is 5.45. The van der Waals surface area contributed by atoms with Crippen molar-refractivity contribution in [1.82, 2.24) is 14.6 Å². The third-order valence-corrected chi connectivity index (χ3v) is 3.17. The molecule has 0 aliphatic heterocycles. The highest BCUT2D eigenvalue weighted by atomic mass is 16.5. The Morgan fingerprint density at radius 2 is 1.95 bits per heavy atom. The third kappa shape index (κ3) is 2.42. The van der Waals surface area contributed by atoms with E-state index in [4.69, 9.17) is 4.74 Å². The van der Waals surface area contributed by atoms with Crippen molar-refractivity contribution < 1.29 is 4.74 Å². The predicted molar refractivity (Wildman–Crippen MR) is 78.0 cm³/mol. The van der Waals surface area contributed by atoms with E-state index in [0.29, 0.717) is 0 Å². The molecule has 0 amide bonds. The topological polar surface area (TPSA) is 51.5 Å². The lowest BCUT2D eigenvalue weighted by Gasteiger charge is -2.07. The van der Waals surface area contributed by atoms with E-state index in [1.807, 2.05) is 54.0 Å². The molecule has 0 atom stereocenters. The molecule has 2 heterocycles. The summed E-state index contributed by atoms with van der Waals surface area (Å²) in [6.07, 6.45) is 1.82. The highest BCUT2D eigenvalue weighted by Crippen LogP contribution is 2.13. The number of hydrogen-bond donors (Lipinski definition) is 1. The van der Waals surface area contributed by atoms with Gasteiger partial charge < -0.3 is 10.1 Å². The Morgan fingerprint density at radius 3 is 2.70 bits per heavy atom. The number of benzene rings is 1. The van der Waals surface area contributed by atoms with Crippen LogP contribution in [0.15, 0.2) is 42.6 Å². The van der Waals surface area contributed by atoms with Gasteiger partial charge in [-0.2, -0.15) is 0 Å². The minimum atomic E-state index is 0.718. The summed E-state index contributed by atoms with van der Waals surface area (Å²) in [6.45, 7) is 2.70. The van der Waals surface area contributed by atoms with Gasteiger partial charge in [0.2, 0.25) is 0 Å². The molecule has 0 saturated carbocycles. The number of ether oxygens (including phenoxy) is 1. The number of rotatable bonds is 4. The van der Waals surface area contributed by atoms with Crippen LogP contribution in [0.1, 0.15) is 11.3 Å². The molecule has 0 fully saturated rings. The fourth-order valence-corrected chi connectivity index (χ4v) is 2.02. The van der Waals surface area contributed by atoms with Crippen LogP contribution in [0, 0.1) is 6.92 Å². The Hall–Kier alpha value is -2.56. The van der Waals surface area contributed by atoms with Gasteiger partial charge in [-0.1, -0.05) is 12.1 Å². The number of aromatic nitrogens is 3. The maximum atomic E-state index is 5.14. The fourth-order valence-electron chi connectivity index (χ4n) is 2.02. The van der Waals surface area contributed by atoms with Gasteiger partial charge in [0.1, 0.15) is 11.6 Å². The quantitative estimate of drug-likeness (QED) is 0.790. The van der Waals surface area contributed by atoms with Crippen LogP contribution in [0.25, 0.3) is 5.65 Å². The Morgan fingerprint density at radius 1 is 1.15 bits per heavy atom. The van der Waals surface area contributed by atoms with Gasteiger partial charge in [-0.3, -0.25) is 0 Å². The van der Waals surface area contributed by atoms with E-state index in [9.17, 15) is 0 Å². The first-order valence-electron chi connectivity index (χ1n) is 6.44. The molecule has 5 heteroatoms. The maximum absolute atomic E-state index is 5.14. The number of nitrogens with zero attached hydrogens (tertiary/aromatic N) is 3. The molecule has 0 unspecified atom stereocenters. The van der Waals surface area contributed by atoms with Gasteiger partial charge >= 0.3 is 0 Å². The lowest BCUT2D eigenvalue weighted by molar-refractivity contribution is 0.414. The molecular formula is C15H16N4O. The van der Waals surface area contributed by atoms with Crippen LogP contribution in [0.2, 0.25) is 0 Å². The molecule has 1 N–H and O–H groups in total. The summed E-state index contributed by atoms with van der Waals surface area (Å²) in [7, 11) is 1.67. The van der Waals surface area contributed by atoms with E-state index in [0.717, 1.165) is 29.5 Å². The molecule has 1 aromatic carbocycles. The predicted octanol–water partition coefficient (Wildman–Crippen LogP) is 2.66. The summed E-state index contributed by atoms with van der Waals surface area (Å²) in [5.74, 6) is 1.69. The summed E-state index contributed by atoms with van der Waals surface area (Å²) in [4.78, 5) is 4.26. The lowest BCUT2D eigenvalue weighted by atomic mass is 10.2. The van der Waals surface area contributed by atoms with Crippen molar-refractivity contribution in [2.24, 2.45) is 0 Å². The van der Waals surface area contributed by atoms with Gasteiger partial charge in [-0.05, 0) is 36.8 Å². The number of anilines is 1. The van der Waals surface area contributed by atoms with E-state index in [1.165, 1.54) is 5.56 Å². The largest absolute Gasteiger partial charge is 0.497 e. The van der Waals surface area contributed by atoms with Gasteiger partial charge in [0, 0.05) is 6.54 Å². The SMILES string of the molecule is COc1ccc(CNc2ccc3ncc(C)n3n2)cc1. The van der Waals surface area contributed by atoms with Crippen LogP contribution in [0.4, 0.5) is 5.82 Å². The molecule has 0 aliphatic rings. The summed E-state index contributed by atoms with van der Waals surface area (Å²) in [5, 5.41) is 7.81. The van der Waals surface area contributed by atoms with Crippen LogP contribution >= 0.6 is 0 Å². The summed E-state index contributed by atoms with van der Waals surface area (Å²) in [5.41, 5.74) is 3.06. The minimum Gasteiger partial charge on any atom is -0.497 e. The number of nitrogens with one attached hydrogen (secondary N) is 1. The van der Waals surface area contributed by atoms with Gasteiger partial charge in [-0.25, -0.2) is 9.50 Å². The standard InChI is InChI=1S/C15H16N4O/c1-11-9-17-15-8-7-14(18-19(11)15)16-10-12-3-5-13(20-2)6-4-12/h3-9H,10H2,1-2H3,(H,16,18). The summed E-state index contributed by atoms with van der Waals surface area (Å²) < 4.78 is 6.97. The van der Waals surface area contributed by atoms with Crippen molar-refractivity contribution in [1.29, 1.82) is 0 Å². The molecule has 3 aromatic rings. The zero-order chi connectivity index (χ0) is 13.9. The van der Waals surface area contributed by atoms with Gasteiger partial charge in [0.05, 0.1) is 19.0 Å². The Bertz CT molecular complexity index is 718. The van der Waals surface area contributed by atoms with Crippen molar-refractivity contribution in [3.8, 4) is 5.75 Å². The molecule has 102 valence electrons. The molecule has 0 aliphatic carbocycles. The molecule has 2 aromatic heterocycles. The van der Waals surface area contributed by atoms with Crippen molar-refractivity contribution in [2.75, 3.05) is 12.4 Å². The van der Waals surface area contributed by atoms with Crippen LogP contribution in [-0.2, 0) is 6.54 Å². The van der Waals surface area contributed by atoms with Gasteiger partial charge in [0.25, 0.3) is 0 Å². The third-order valence-electron chi connectivity index (χ3n) is 3.17. The van der Waals surface area contributed by atoms with Crippen LogP contribution in [0.3, 0.4) is 0 Å². The molecule has 0 bridgehead atoms. The smallest absolute Gasteiger partial charge is 0.153 e. The first-order valence-corrected chi connectivity index (χ1v) is 6.44. The second kappa shape index (κ2) is 5.21. The molecule has 3 rings (SSSR count). The zero-order valence-corrected chi connectivity index (χ0v) is 11.5. The molecule has 5 nitrogen and oxygen atoms in total. The normalized spacial score (nSPS) is 10.7. The first kappa shape index (κ1) is 12.5. The number of fused-ring (bicyclic) bond motifs is 1. The van der Waals surface area contributed by atoms with Gasteiger partial charge in [0.15, 0.2) is 5.65 Å². The van der Waals surface area contributed by atoms with E-state index in [1.54, 1.807) is 7.11 Å². The second-order valence-electron chi connectivity index (χ2n) is 4.59. The van der Waals surface area contributed by atoms with E-state index in [-0.39, 0.29) is 0 Å². The monoisotopic (exact) mass is 268 g/mol. The molecular weight excluding hydrogens is 252 g/mol. The average molecular weight is 268 g/mol. The van der Waals surface area contributed by atoms with Gasteiger partial charge in [-0.15, -0.1) is 5.10 Å². The summed E-state index contributed by atoms with van der Waals surface area (Å²) >= 11 is 0. The minimum absolute atomic E-state index is 0.718. The van der Waals surface area contributed by atoms with E-state index in [2.05, 4.69) is 15.4 Å². The Balaban J connectivity index is 1.73. The number of imidazole rings is 1. The van der Waals surface area contributed by atoms with Crippen molar-refractivity contribution >= 4 is 11.5 Å². The van der Waals surface area contributed by atoms with Crippen molar-refractivity contribution in [3.05, 3.63) is 53.9 Å². The number of methoxy groups -OCH3 is 1. The van der Waals surface area contributed by atoms with Crippen molar-refractivity contribution in [3.63, 3.8) is 0 Å². The zero-order valence-electron chi connectivity index (χ0n) is 11.5. The van der Waals surface area contributed by atoms with E-state index >= 15 is 0 Å². The van der Waals surface area contributed by atoms with Crippen molar-refractivity contribution in [2.45, 2.75) is 13.5 Å². The van der Waals surface area contributed by atoms with Crippen LogP contribution in [-0.4, -0.2) is 21.7 Å². The average Bonchev–Trinajstić information content (AvgIpc) is 2.87. The van der Waals surface area contributed by atoms with E-state index < -0.39 is 0 Å². The fraction of sp³-hybridized carbons (Fsp3) is 0.200. The molecule has 0 saturated heterocycles. The van der Waals surface area contributed by atoms with Crippen LogP contribution < -0.4 is 10.1 Å². The second-order valence-corrected chi connectivity index (χ2v) is 4.59. The lowest BCUT2D eigenvalue weighted by Crippen LogP contribution is -2.04. The Kier molecular flexibility index (Phi) is 3.25. The molecule has 20 heavy (non-hydrogen) atoms. The van der Waals surface area contributed by atoms with Crippen LogP contribution in [0.5, 0.6) is 5.75 Å². The highest BCUT2D eigenvalue weighted by Gasteiger charge is 2.02.